The molecule has 4 N–H and O–H groups in total. The molecule has 0 saturated heterocycles. The lowest BCUT2D eigenvalue weighted by Gasteiger charge is -2.15. The highest BCUT2D eigenvalue weighted by Gasteiger charge is 2.22. The Bertz CT molecular complexity index is 584. The van der Waals surface area contributed by atoms with E-state index in [-0.39, 0.29) is 11.6 Å². The van der Waals surface area contributed by atoms with Crippen molar-refractivity contribution in [2.24, 2.45) is 0 Å². The van der Waals surface area contributed by atoms with Gasteiger partial charge in [-0.3, -0.25) is 10.1 Å². The molecule has 22 heavy (non-hydrogen) atoms. The number of imide groups is 1. The average molecular weight is 307 g/mol. The zero-order valence-electron chi connectivity index (χ0n) is 13.1. The Morgan fingerprint density at radius 1 is 1.18 bits per heavy atom. The summed E-state index contributed by atoms with van der Waals surface area (Å²) in [5, 5.41) is 4.60. The molecule has 0 aromatic heterocycles. The lowest BCUT2D eigenvalue weighted by Crippen LogP contribution is -2.46. The Balaban J connectivity index is 2.66. The van der Waals surface area contributed by atoms with E-state index in [4.69, 9.17) is 10.5 Å². The van der Waals surface area contributed by atoms with Crippen molar-refractivity contribution >= 4 is 23.6 Å². The highest BCUT2D eigenvalue weighted by molar-refractivity contribution is 6.00. The van der Waals surface area contributed by atoms with Crippen molar-refractivity contribution in [3.8, 4) is 0 Å². The molecule has 0 spiro atoms. The Morgan fingerprint density at radius 2 is 1.82 bits per heavy atom. The fourth-order valence-corrected chi connectivity index (χ4v) is 1.65. The number of aryl methyl sites for hydroxylation is 1. The van der Waals surface area contributed by atoms with Crippen LogP contribution in [0.3, 0.4) is 0 Å². The van der Waals surface area contributed by atoms with Crippen molar-refractivity contribution in [1.29, 1.82) is 0 Å². The summed E-state index contributed by atoms with van der Waals surface area (Å²) in [6.07, 6.45) is -1.12. The summed E-state index contributed by atoms with van der Waals surface area (Å²) in [6, 6.07) is 4.19. The van der Waals surface area contributed by atoms with E-state index in [0.29, 0.717) is 5.69 Å². The van der Waals surface area contributed by atoms with E-state index in [2.05, 4.69) is 10.6 Å². The van der Waals surface area contributed by atoms with Crippen molar-refractivity contribution in [3.63, 3.8) is 0 Å². The molecule has 0 aliphatic carbocycles. The molecule has 1 atom stereocenters. The maximum Gasteiger partial charge on any atom is 0.341 e. The number of benzene rings is 1. The second-order valence-electron chi connectivity index (χ2n) is 5.20. The van der Waals surface area contributed by atoms with Crippen LogP contribution in [0, 0.1) is 6.92 Å². The summed E-state index contributed by atoms with van der Waals surface area (Å²) >= 11 is 0. The molecule has 0 fully saturated rings. The second-order valence-corrected chi connectivity index (χ2v) is 5.20. The minimum atomic E-state index is -1.12. The van der Waals surface area contributed by atoms with Crippen molar-refractivity contribution in [1.82, 2.24) is 10.6 Å². The maximum atomic E-state index is 12.0. The van der Waals surface area contributed by atoms with Crippen LogP contribution >= 0.6 is 0 Å². The summed E-state index contributed by atoms with van der Waals surface area (Å²) in [5.41, 5.74) is 7.03. The predicted molar refractivity (Wildman–Crippen MR) is 82.3 cm³/mol. The third kappa shape index (κ3) is 4.76. The van der Waals surface area contributed by atoms with Crippen LogP contribution in [0.5, 0.6) is 0 Å². The number of nitrogens with two attached hydrogens (primary N) is 1. The number of esters is 1. The van der Waals surface area contributed by atoms with E-state index >= 15 is 0 Å². The molecule has 1 rings (SSSR count). The third-order valence-electron chi connectivity index (χ3n) is 2.85. The molecule has 1 aromatic rings. The second kappa shape index (κ2) is 7.44. The molecule has 0 radical (unpaired) electrons. The van der Waals surface area contributed by atoms with Gasteiger partial charge >= 0.3 is 12.0 Å². The molecule has 0 heterocycles. The molecule has 0 saturated carbocycles. The van der Waals surface area contributed by atoms with E-state index in [1.165, 1.54) is 13.0 Å². The van der Waals surface area contributed by atoms with Gasteiger partial charge in [-0.2, -0.15) is 0 Å². The summed E-state index contributed by atoms with van der Waals surface area (Å²) in [5.74, 6) is -1.43. The fourth-order valence-electron chi connectivity index (χ4n) is 1.65. The van der Waals surface area contributed by atoms with Crippen LogP contribution < -0.4 is 16.4 Å². The smallest absolute Gasteiger partial charge is 0.341 e. The number of nitrogen functional groups attached to an aromatic ring is 1. The van der Waals surface area contributed by atoms with Crippen LogP contribution in [0.2, 0.25) is 0 Å². The molecular formula is C15H21N3O4. The highest BCUT2D eigenvalue weighted by atomic mass is 16.5. The molecular weight excluding hydrogens is 286 g/mol. The number of hydrogen-bond acceptors (Lipinski definition) is 5. The Hall–Kier alpha value is -2.57. The van der Waals surface area contributed by atoms with E-state index in [1.54, 1.807) is 32.9 Å². The van der Waals surface area contributed by atoms with Gasteiger partial charge < -0.3 is 15.8 Å². The first-order valence-electron chi connectivity index (χ1n) is 6.89. The minimum absolute atomic E-state index is 0.113. The number of amides is 3. The Kier molecular flexibility index (Phi) is 5.91. The maximum absolute atomic E-state index is 12.0. The van der Waals surface area contributed by atoms with Crippen LogP contribution in [0.25, 0.3) is 0 Å². The molecule has 1 aromatic carbocycles. The summed E-state index contributed by atoms with van der Waals surface area (Å²) < 4.78 is 5.03. The van der Waals surface area contributed by atoms with Crippen LogP contribution in [-0.4, -0.2) is 30.1 Å². The molecule has 7 nitrogen and oxygen atoms in total. The zero-order valence-corrected chi connectivity index (χ0v) is 13.1. The summed E-state index contributed by atoms with van der Waals surface area (Å²) in [7, 11) is 0. The van der Waals surface area contributed by atoms with Gasteiger partial charge in [0.25, 0.3) is 5.91 Å². The van der Waals surface area contributed by atoms with Gasteiger partial charge in [0.15, 0.2) is 6.10 Å². The number of rotatable bonds is 4. The predicted octanol–water partition coefficient (Wildman–Crippen LogP) is 1.36. The Morgan fingerprint density at radius 3 is 2.41 bits per heavy atom. The molecule has 0 aliphatic heterocycles. The van der Waals surface area contributed by atoms with Crippen molar-refractivity contribution in [3.05, 3.63) is 29.3 Å². The first-order valence-corrected chi connectivity index (χ1v) is 6.89. The van der Waals surface area contributed by atoms with Gasteiger partial charge in [0, 0.05) is 11.7 Å². The van der Waals surface area contributed by atoms with Crippen LogP contribution in [-0.2, 0) is 9.53 Å². The molecule has 0 aliphatic rings. The first kappa shape index (κ1) is 17.5. The molecule has 0 bridgehead atoms. The number of carbonyl (C=O) groups excluding carboxylic acids is 3. The topological polar surface area (TPSA) is 111 Å². The monoisotopic (exact) mass is 307 g/mol. The number of hydrogen-bond donors (Lipinski definition) is 3. The van der Waals surface area contributed by atoms with Crippen molar-refractivity contribution in [2.75, 3.05) is 5.73 Å². The number of para-hydroxylation sites is 1. The molecule has 7 heteroatoms. The van der Waals surface area contributed by atoms with E-state index in [9.17, 15) is 14.4 Å². The summed E-state index contributed by atoms with van der Waals surface area (Å²) in [4.78, 5) is 35.2. The van der Waals surface area contributed by atoms with E-state index in [0.717, 1.165) is 5.56 Å². The Labute approximate surface area is 129 Å². The lowest BCUT2D eigenvalue weighted by molar-refractivity contribution is -0.127. The van der Waals surface area contributed by atoms with Crippen molar-refractivity contribution < 1.29 is 19.1 Å². The number of nitrogens with one attached hydrogen (secondary N) is 2. The van der Waals surface area contributed by atoms with E-state index in [1.807, 2.05) is 0 Å². The van der Waals surface area contributed by atoms with Crippen LogP contribution in [0.15, 0.2) is 18.2 Å². The van der Waals surface area contributed by atoms with Crippen LogP contribution in [0.1, 0.15) is 36.7 Å². The van der Waals surface area contributed by atoms with Gasteiger partial charge in [-0.15, -0.1) is 0 Å². The summed E-state index contributed by atoms with van der Waals surface area (Å²) in [6.45, 7) is 6.66. The van der Waals surface area contributed by atoms with Crippen LogP contribution in [0.4, 0.5) is 10.5 Å². The van der Waals surface area contributed by atoms with Gasteiger partial charge in [0.05, 0.1) is 5.56 Å². The SMILES string of the molecule is Cc1cccc(C(=O)O[C@@H](C)C(=O)NC(=O)NC(C)C)c1N. The number of urea groups is 1. The molecule has 0 unspecified atom stereocenters. The molecule has 3 amide bonds. The number of carbonyl (C=O) groups is 3. The number of ether oxygens (including phenoxy) is 1. The zero-order chi connectivity index (χ0) is 16.9. The highest BCUT2D eigenvalue weighted by Crippen LogP contribution is 2.17. The van der Waals surface area contributed by atoms with Gasteiger partial charge in [-0.1, -0.05) is 12.1 Å². The van der Waals surface area contributed by atoms with Gasteiger partial charge in [-0.25, -0.2) is 9.59 Å². The lowest BCUT2D eigenvalue weighted by atomic mass is 10.1. The van der Waals surface area contributed by atoms with Gasteiger partial charge in [0.1, 0.15) is 0 Å². The van der Waals surface area contributed by atoms with Crippen molar-refractivity contribution in [2.45, 2.75) is 39.8 Å². The van der Waals surface area contributed by atoms with Gasteiger partial charge in [-0.05, 0) is 39.3 Å². The largest absolute Gasteiger partial charge is 0.449 e. The average Bonchev–Trinajstić information content (AvgIpc) is 2.40. The number of anilines is 1. The normalized spacial score (nSPS) is 11.7. The quantitative estimate of drug-likeness (QED) is 0.574. The minimum Gasteiger partial charge on any atom is -0.449 e. The third-order valence-corrected chi connectivity index (χ3v) is 2.85. The van der Waals surface area contributed by atoms with E-state index < -0.39 is 24.0 Å². The first-order chi connectivity index (χ1) is 10.2. The fraction of sp³-hybridized carbons (Fsp3) is 0.400. The molecule has 120 valence electrons. The standard InChI is InChI=1S/C15H21N3O4/c1-8(2)17-15(21)18-13(19)10(4)22-14(20)11-7-5-6-9(3)12(11)16/h5-8,10H,16H2,1-4H3,(H2,17,18,19,21)/t10-/m0/s1. The van der Waals surface area contributed by atoms with Gasteiger partial charge in [0.2, 0.25) is 0 Å².